The van der Waals surface area contributed by atoms with Crippen molar-refractivity contribution in [1.29, 1.82) is 0 Å². The number of nitrogens with one attached hydrogen (secondary N) is 3. The fourth-order valence-corrected chi connectivity index (χ4v) is 6.06. The molecule has 6 rings (SSSR count). The lowest BCUT2D eigenvalue weighted by molar-refractivity contribution is -0.133. The van der Waals surface area contributed by atoms with E-state index in [2.05, 4.69) is 15.6 Å². The highest BCUT2D eigenvalue weighted by molar-refractivity contribution is 6.31. The Balaban J connectivity index is 1.31. The molecule has 0 aliphatic carbocycles. The number of halogens is 1. The van der Waals surface area contributed by atoms with Crippen molar-refractivity contribution in [3.63, 3.8) is 0 Å². The third-order valence-electron chi connectivity index (χ3n) is 7.81. The number of benzene rings is 3. The van der Waals surface area contributed by atoms with Crippen LogP contribution in [0.4, 0.5) is 0 Å². The van der Waals surface area contributed by atoms with Crippen molar-refractivity contribution in [1.82, 2.24) is 20.5 Å². The predicted molar refractivity (Wildman–Crippen MR) is 150 cm³/mol. The van der Waals surface area contributed by atoms with Crippen LogP contribution in [0.25, 0.3) is 10.9 Å². The maximum atomic E-state index is 13.9. The minimum Gasteiger partial charge on any atom is -0.356 e. The highest BCUT2D eigenvalue weighted by atomic mass is 35.5. The Morgan fingerprint density at radius 1 is 1.03 bits per heavy atom. The molecule has 3 N–H and O–H groups in total. The van der Waals surface area contributed by atoms with Gasteiger partial charge in [0.1, 0.15) is 12.1 Å². The van der Waals surface area contributed by atoms with Crippen LogP contribution >= 0.6 is 11.6 Å². The molecule has 0 fully saturated rings. The zero-order valence-corrected chi connectivity index (χ0v) is 22.5. The topological polar surface area (TPSA) is 94.3 Å². The van der Waals surface area contributed by atoms with E-state index in [9.17, 15) is 14.4 Å². The molecule has 4 aromatic rings. The molecule has 3 heterocycles. The monoisotopic (exact) mass is 540 g/mol. The zero-order valence-electron chi connectivity index (χ0n) is 21.7. The van der Waals surface area contributed by atoms with E-state index in [0.29, 0.717) is 17.0 Å². The summed E-state index contributed by atoms with van der Waals surface area (Å²) < 4.78 is 0. The second-order valence-electron chi connectivity index (χ2n) is 10.5. The van der Waals surface area contributed by atoms with Crippen molar-refractivity contribution in [2.45, 2.75) is 44.9 Å². The SMILES string of the molecule is CC(C)[C@H](NC(=O)[C@@H]1Cc2c([nH]c3ccccc23)[C@@H]2c3ccccc3C(=O)N21)C(=O)NCc1ccccc1Cl. The average Bonchev–Trinajstić information content (AvgIpc) is 3.46. The number of hydrogen-bond donors (Lipinski definition) is 3. The molecule has 8 heteroatoms. The third kappa shape index (κ3) is 4.27. The van der Waals surface area contributed by atoms with Gasteiger partial charge in [-0.15, -0.1) is 0 Å². The summed E-state index contributed by atoms with van der Waals surface area (Å²) >= 11 is 6.25. The van der Waals surface area contributed by atoms with Gasteiger partial charge in [-0.25, -0.2) is 0 Å². The van der Waals surface area contributed by atoms with Gasteiger partial charge in [-0.2, -0.15) is 0 Å². The smallest absolute Gasteiger partial charge is 0.255 e. The van der Waals surface area contributed by atoms with Gasteiger partial charge < -0.3 is 20.5 Å². The van der Waals surface area contributed by atoms with Gasteiger partial charge in [0.05, 0.1) is 6.04 Å². The molecule has 3 atom stereocenters. The fraction of sp³-hybridized carbons (Fsp3) is 0.258. The van der Waals surface area contributed by atoms with Gasteiger partial charge in [0, 0.05) is 40.1 Å². The second-order valence-corrected chi connectivity index (χ2v) is 10.9. The molecule has 7 nitrogen and oxygen atoms in total. The number of amides is 3. The Hall–Kier alpha value is -4.10. The Morgan fingerprint density at radius 2 is 1.74 bits per heavy atom. The highest BCUT2D eigenvalue weighted by Gasteiger charge is 2.49. The van der Waals surface area contributed by atoms with E-state index in [4.69, 9.17) is 11.6 Å². The quantitative estimate of drug-likeness (QED) is 0.329. The molecule has 0 saturated carbocycles. The van der Waals surface area contributed by atoms with Gasteiger partial charge in [0.2, 0.25) is 11.8 Å². The largest absolute Gasteiger partial charge is 0.356 e. The molecule has 39 heavy (non-hydrogen) atoms. The normalized spacial score (nSPS) is 18.5. The van der Waals surface area contributed by atoms with E-state index in [1.807, 2.05) is 80.6 Å². The number of nitrogens with zero attached hydrogens (tertiary/aromatic N) is 1. The van der Waals surface area contributed by atoms with Gasteiger partial charge in [-0.3, -0.25) is 14.4 Å². The number of H-pyrrole nitrogens is 1. The number of carbonyl (C=O) groups is 3. The molecule has 3 aromatic carbocycles. The first-order valence-corrected chi connectivity index (χ1v) is 13.6. The third-order valence-corrected chi connectivity index (χ3v) is 8.18. The number of hydrogen-bond acceptors (Lipinski definition) is 3. The molecular formula is C31H29ClN4O3. The maximum Gasteiger partial charge on any atom is 0.255 e. The number of para-hydroxylation sites is 1. The van der Waals surface area contributed by atoms with Gasteiger partial charge in [-0.05, 0) is 40.8 Å². The van der Waals surface area contributed by atoms with Gasteiger partial charge in [0.25, 0.3) is 5.91 Å². The number of rotatable bonds is 6. The van der Waals surface area contributed by atoms with Gasteiger partial charge >= 0.3 is 0 Å². The second kappa shape index (κ2) is 9.89. The molecule has 2 aliphatic heterocycles. The summed E-state index contributed by atoms with van der Waals surface area (Å²) in [5.41, 5.74) is 5.22. The van der Waals surface area contributed by atoms with Crippen LogP contribution in [0.1, 0.15) is 52.6 Å². The van der Waals surface area contributed by atoms with E-state index in [-0.39, 0.29) is 30.2 Å². The van der Waals surface area contributed by atoms with Crippen LogP contribution in [0.3, 0.4) is 0 Å². The molecule has 0 radical (unpaired) electrons. The van der Waals surface area contributed by atoms with Crippen LogP contribution in [0.15, 0.2) is 72.8 Å². The lowest BCUT2D eigenvalue weighted by Crippen LogP contribution is -2.57. The Labute approximate surface area is 231 Å². The van der Waals surface area contributed by atoms with E-state index in [0.717, 1.165) is 33.3 Å². The summed E-state index contributed by atoms with van der Waals surface area (Å²) in [5, 5.41) is 7.50. The minimum atomic E-state index is -0.775. The van der Waals surface area contributed by atoms with E-state index in [1.54, 1.807) is 11.0 Å². The van der Waals surface area contributed by atoms with Crippen LogP contribution in [0.2, 0.25) is 5.02 Å². The first-order chi connectivity index (χ1) is 18.8. The van der Waals surface area contributed by atoms with Crippen molar-refractivity contribution < 1.29 is 14.4 Å². The summed E-state index contributed by atoms with van der Waals surface area (Å²) in [6.45, 7) is 4.03. The molecule has 0 bridgehead atoms. The van der Waals surface area contributed by atoms with E-state index in [1.165, 1.54) is 0 Å². The van der Waals surface area contributed by atoms with Crippen molar-refractivity contribution in [3.05, 3.63) is 106 Å². The van der Waals surface area contributed by atoms with E-state index >= 15 is 0 Å². The summed E-state index contributed by atoms with van der Waals surface area (Å²) in [7, 11) is 0. The zero-order chi connectivity index (χ0) is 27.3. The summed E-state index contributed by atoms with van der Waals surface area (Å²) in [6, 6.07) is 20.9. The lowest BCUT2D eigenvalue weighted by Gasteiger charge is -2.38. The fourth-order valence-electron chi connectivity index (χ4n) is 5.86. The number of carbonyl (C=O) groups excluding carboxylic acids is 3. The van der Waals surface area contributed by atoms with Crippen molar-refractivity contribution in [2.24, 2.45) is 5.92 Å². The molecule has 0 spiro atoms. The van der Waals surface area contributed by atoms with Crippen molar-refractivity contribution >= 4 is 40.2 Å². The molecule has 1 aromatic heterocycles. The average molecular weight is 541 g/mol. The Bertz CT molecular complexity index is 1610. The Morgan fingerprint density at radius 3 is 2.54 bits per heavy atom. The Kier molecular flexibility index (Phi) is 6.39. The lowest BCUT2D eigenvalue weighted by atomic mass is 9.89. The first-order valence-electron chi connectivity index (χ1n) is 13.2. The highest BCUT2D eigenvalue weighted by Crippen LogP contribution is 2.46. The van der Waals surface area contributed by atoms with Crippen LogP contribution in [0, 0.1) is 5.92 Å². The predicted octanol–water partition coefficient (Wildman–Crippen LogP) is 4.75. The summed E-state index contributed by atoms with van der Waals surface area (Å²) in [6.07, 6.45) is 0.355. The molecule has 0 unspecified atom stereocenters. The molecule has 198 valence electrons. The molecular weight excluding hydrogens is 512 g/mol. The minimum absolute atomic E-state index is 0.172. The van der Waals surface area contributed by atoms with Crippen molar-refractivity contribution in [2.75, 3.05) is 0 Å². The number of aromatic amines is 1. The molecule has 2 aliphatic rings. The summed E-state index contributed by atoms with van der Waals surface area (Å²) in [5.74, 6) is -0.989. The van der Waals surface area contributed by atoms with Gasteiger partial charge in [-0.1, -0.05) is 80.0 Å². The first kappa shape index (κ1) is 25.2. The van der Waals surface area contributed by atoms with E-state index < -0.39 is 18.1 Å². The molecule has 0 saturated heterocycles. The van der Waals surface area contributed by atoms with Crippen LogP contribution in [0.5, 0.6) is 0 Å². The molecule has 3 amide bonds. The number of aromatic nitrogens is 1. The van der Waals surface area contributed by atoms with Crippen molar-refractivity contribution in [3.8, 4) is 0 Å². The van der Waals surface area contributed by atoms with Crippen LogP contribution in [-0.2, 0) is 22.6 Å². The van der Waals surface area contributed by atoms with Crippen LogP contribution < -0.4 is 10.6 Å². The maximum absolute atomic E-state index is 13.9. The summed E-state index contributed by atoms with van der Waals surface area (Å²) in [4.78, 5) is 46.0. The number of fused-ring (bicyclic) bond motifs is 7. The van der Waals surface area contributed by atoms with Gasteiger partial charge in [0.15, 0.2) is 0 Å². The standard InChI is InChI=1S/C31H29ClN4O3/c1-17(2)26(30(38)33-16-18-9-3-7-13-23(18)32)35-29(37)25-15-22-19-10-6-8-14-24(19)34-27(22)28-20-11-4-5-12-21(20)31(39)36(25)28/h3-14,17,25-26,28,34H,15-16H2,1-2H3,(H,33,38)(H,35,37)/t25-,26-,28-/m0/s1. The van der Waals surface area contributed by atoms with Crippen LogP contribution in [-0.4, -0.2) is 39.7 Å².